The van der Waals surface area contributed by atoms with E-state index >= 15 is 0 Å². The highest BCUT2D eigenvalue weighted by Crippen LogP contribution is 2.36. The first kappa shape index (κ1) is 23.6. The number of nitrogens with two attached hydrogens (primary N) is 2. The number of aliphatic hydroxyl groups is 1. The van der Waals surface area contributed by atoms with E-state index in [1.54, 1.807) is 36.5 Å². The fourth-order valence-corrected chi connectivity index (χ4v) is 3.78. The molecule has 0 fully saturated rings. The molecule has 1 aromatic heterocycles. The van der Waals surface area contributed by atoms with E-state index in [0.717, 1.165) is 17.1 Å². The van der Waals surface area contributed by atoms with Gasteiger partial charge in [-0.1, -0.05) is 30.0 Å². The molecular formula is C21H20N4O5S2. The number of hydrogen-bond donors (Lipinski definition) is 3. The van der Waals surface area contributed by atoms with Crippen molar-refractivity contribution in [2.24, 2.45) is 16.5 Å². The van der Waals surface area contributed by atoms with Crippen LogP contribution in [0.4, 0.5) is 0 Å². The number of guanidine groups is 1. The minimum atomic E-state index is -0.777. The predicted molar refractivity (Wildman–Crippen MR) is 122 cm³/mol. The number of pyridine rings is 1. The monoisotopic (exact) mass is 472 g/mol. The smallest absolute Gasteiger partial charge is 0.280 e. The lowest BCUT2D eigenvalue weighted by molar-refractivity contribution is -0.160. The topological polar surface area (TPSA) is 142 Å². The third-order valence-corrected chi connectivity index (χ3v) is 5.56. The maximum absolute atomic E-state index is 12.1. The van der Waals surface area contributed by atoms with Crippen LogP contribution >= 0.6 is 23.8 Å². The van der Waals surface area contributed by atoms with Crippen LogP contribution in [0.5, 0.6) is 11.5 Å². The number of amides is 1. The quantitative estimate of drug-likeness (QED) is 0.0803. The van der Waals surface area contributed by atoms with Crippen molar-refractivity contribution in [2.75, 3.05) is 7.11 Å². The van der Waals surface area contributed by atoms with Gasteiger partial charge in [-0.25, -0.2) is 9.87 Å². The highest BCUT2D eigenvalue weighted by molar-refractivity contribution is 7.99. The zero-order valence-electron chi connectivity index (χ0n) is 16.9. The third kappa shape index (κ3) is 6.70. The minimum Gasteiger partial charge on any atom is -0.456 e. The molecule has 2 aromatic carbocycles. The number of rotatable bonds is 9. The summed E-state index contributed by atoms with van der Waals surface area (Å²) in [6.07, 6.45) is 1.67. The lowest BCUT2D eigenvalue weighted by Crippen LogP contribution is -2.24. The zero-order valence-corrected chi connectivity index (χ0v) is 18.5. The average Bonchev–Trinajstić information content (AvgIpc) is 2.79. The van der Waals surface area contributed by atoms with Crippen LogP contribution in [0.1, 0.15) is 21.4 Å². The fourth-order valence-electron chi connectivity index (χ4n) is 2.47. The summed E-state index contributed by atoms with van der Waals surface area (Å²) in [5, 5.41) is 11.1. The van der Waals surface area contributed by atoms with Crippen molar-refractivity contribution < 1.29 is 23.9 Å². The van der Waals surface area contributed by atoms with Crippen molar-refractivity contribution in [2.45, 2.75) is 15.4 Å². The summed E-state index contributed by atoms with van der Waals surface area (Å²) in [7, 11) is 1.36. The molecule has 1 unspecified atom stereocenters. The van der Waals surface area contributed by atoms with Crippen LogP contribution < -0.4 is 16.2 Å². The van der Waals surface area contributed by atoms with Crippen LogP contribution in [0.15, 0.2) is 81.8 Å². The SMILES string of the molecule is COOSc1cc(C(=O)N=C(N)N)ccc1Oc1ccc(C(O)Sc2ccccn2)cc1. The number of hydrogen-bond acceptors (Lipinski definition) is 8. The Kier molecular flexibility index (Phi) is 8.48. The van der Waals surface area contributed by atoms with Gasteiger partial charge in [0.05, 0.1) is 29.1 Å². The summed E-state index contributed by atoms with van der Waals surface area (Å²) >= 11 is 2.10. The first-order valence-corrected chi connectivity index (χ1v) is 10.8. The molecule has 1 amide bonds. The molecular weight excluding hydrogens is 452 g/mol. The summed E-state index contributed by atoms with van der Waals surface area (Å²) in [5.41, 5.74) is 10.7. The van der Waals surface area contributed by atoms with Gasteiger partial charge in [-0.15, -0.1) is 0 Å². The second kappa shape index (κ2) is 11.5. The third-order valence-electron chi connectivity index (χ3n) is 3.88. The van der Waals surface area contributed by atoms with Crippen molar-refractivity contribution in [1.29, 1.82) is 0 Å². The van der Waals surface area contributed by atoms with Crippen molar-refractivity contribution in [3.8, 4) is 11.5 Å². The van der Waals surface area contributed by atoms with Crippen molar-refractivity contribution in [3.05, 3.63) is 78.0 Å². The first-order chi connectivity index (χ1) is 15.5. The number of aromatic nitrogens is 1. The van der Waals surface area contributed by atoms with E-state index in [2.05, 4.69) is 14.9 Å². The van der Waals surface area contributed by atoms with E-state index in [1.807, 2.05) is 18.2 Å². The molecule has 3 rings (SSSR count). The van der Waals surface area contributed by atoms with Crippen LogP contribution in [0, 0.1) is 0 Å². The van der Waals surface area contributed by atoms with Crippen LogP contribution in [0.25, 0.3) is 0 Å². The van der Waals surface area contributed by atoms with E-state index in [-0.39, 0.29) is 11.5 Å². The first-order valence-electron chi connectivity index (χ1n) is 9.15. The molecule has 0 aliphatic rings. The Bertz CT molecular complexity index is 1080. The molecule has 0 spiro atoms. The molecule has 0 aliphatic carbocycles. The Hall–Kier alpha value is -3.09. The molecule has 166 valence electrons. The molecule has 0 aliphatic heterocycles. The second-order valence-electron chi connectivity index (χ2n) is 6.13. The number of ether oxygens (including phenoxy) is 1. The number of carbonyl (C=O) groups excluding carboxylic acids is 1. The van der Waals surface area contributed by atoms with E-state index < -0.39 is 11.3 Å². The maximum Gasteiger partial charge on any atom is 0.280 e. The number of thioether (sulfide) groups is 1. The lowest BCUT2D eigenvalue weighted by Gasteiger charge is -2.13. The van der Waals surface area contributed by atoms with Gasteiger partial charge >= 0.3 is 0 Å². The second-order valence-corrected chi connectivity index (χ2v) is 7.97. The van der Waals surface area contributed by atoms with Crippen LogP contribution in [0.3, 0.4) is 0 Å². The van der Waals surface area contributed by atoms with Crippen molar-refractivity contribution in [3.63, 3.8) is 0 Å². The van der Waals surface area contributed by atoms with Gasteiger partial charge in [-0.2, -0.15) is 9.33 Å². The molecule has 32 heavy (non-hydrogen) atoms. The Morgan fingerprint density at radius 1 is 1.12 bits per heavy atom. The molecule has 9 nitrogen and oxygen atoms in total. The molecule has 0 bridgehead atoms. The summed E-state index contributed by atoms with van der Waals surface area (Å²) < 4.78 is 10.8. The van der Waals surface area contributed by atoms with Crippen LogP contribution in [-0.4, -0.2) is 29.1 Å². The highest BCUT2D eigenvalue weighted by Gasteiger charge is 2.14. The van der Waals surface area contributed by atoms with Gasteiger partial charge < -0.3 is 21.3 Å². The molecule has 3 aromatic rings. The van der Waals surface area contributed by atoms with Gasteiger partial charge in [0.1, 0.15) is 16.9 Å². The Morgan fingerprint density at radius 2 is 1.91 bits per heavy atom. The summed E-state index contributed by atoms with van der Waals surface area (Å²) in [6.45, 7) is 0. The zero-order chi connectivity index (χ0) is 22.9. The van der Waals surface area contributed by atoms with Gasteiger partial charge in [0.2, 0.25) is 0 Å². The molecule has 5 N–H and O–H groups in total. The molecule has 0 saturated heterocycles. The molecule has 1 atom stereocenters. The molecule has 0 saturated carbocycles. The maximum atomic E-state index is 12.1. The molecule has 1 heterocycles. The fraction of sp³-hybridized carbons (Fsp3) is 0.0952. The standard InChI is InChI=1S/C21H20N4O5S2/c1-28-30-32-17-12-14(19(26)25-21(22)23)7-10-16(17)29-15-8-5-13(6-9-15)20(27)31-18-4-2-3-11-24-18/h2-12,20,27H,1H3,(H4,22,23,25,26). The summed E-state index contributed by atoms with van der Waals surface area (Å²) in [4.78, 5) is 24.9. The highest BCUT2D eigenvalue weighted by atomic mass is 32.2. The van der Waals surface area contributed by atoms with E-state index in [4.69, 9.17) is 20.5 Å². The Morgan fingerprint density at radius 3 is 2.56 bits per heavy atom. The van der Waals surface area contributed by atoms with Crippen molar-refractivity contribution >= 4 is 35.7 Å². The van der Waals surface area contributed by atoms with E-state index in [0.29, 0.717) is 22.0 Å². The predicted octanol–water partition coefficient (Wildman–Crippen LogP) is 3.66. The van der Waals surface area contributed by atoms with Crippen LogP contribution in [-0.2, 0) is 9.22 Å². The summed E-state index contributed by atoms with van der Waals surface area (Å²) in [6, 6.07) is 17.1. The summed E-state index contributed by atoms with van der Waals surface area (Å²) in [5.74, 6) is 0.0107. The van der Waals surface area contributed by atoms with E-state index in [1.165, 1.54) is 31.0 Å². The van der Waals surface area contributed by atoms with Gasteiger partial charge in [0.25, 0.3) is 5.91 Å². The van der Waals surface area contributed by atoms with Gasteiger partial charge in [-0.3, -0.25) is 4.79 Å². The number of aliphatic imine (C=N–C) groups is 1. The van der Waals surface area contributed by atoms with Gasteiger partial charge in [0, 0.05) is 11.8 Å². The number of aliphatic hydroxyl groups excluding tert-OH is 1. The molecule has 11 heteroatoms. The van der Waals surface area contributed by atoms with E-state index in [9.17, 15) is 9.90 Å². The Balaban J connectivity index is 1.75. The van der Waals surface area contributed by atoms with Gasteiger partial charge in [0.15, 0.2) is 5.96 Å². The number of nitrogens with zero attached hydrogens (tertiary/aromatic N) is 2. The van der Waals surface area contributed by atoms with Crippen molar-refractivity contribution in [1.82, 2.24) is 4.98 Å². The minimum absolute atomic E-state index is 0.248. The van der Waals surface area contributed by atoms with Crippen LogP contribution in [0.2, 0.25) is 0 Å². The molecule has 0 radical (unpaired) electrons. The Labute approximate surface area is 192 Å². The average molecular weight is 473 g/mol. The lowest BCUT2D eigenvalue weighted by atomic mass is 10.2. The normalized spacial score (nSPS) is 11.6. The number of carbonyl (C=O) groups is 1. The number of benzene rings is 2. The van der Waals surface area contributed by atoms with Gasteiger partial charge in [-0.05, 0) is 48.0 Å². The largest absolute Gasteiger partial charge is 0.456 e.